The molecule has 0 saturated heterocycles. The van der Waals surface area contributed by atoms with Gasteiger partial charge in [-0.1, -0.05) is 26.7 Å². The van der Waals surface area contributed by atoms with Gasteiger partial charge in [0.2, 0.25) is 5.91 Å². The molecule has 118 valence electrons. The molecule has 0 radical (unpaired) electrons. The molecule has 4 nitrogen and oxygen atoms in total. The van der Waals surface area contributed by atoms with Gasteiger partial charge in [-0.15, -0.1) is 0 Å². The van der Waals surface area contributed by atoms with Gasteiger partial charge < -0.3 is 15.8 Å². The molecular weight excluding hydrogens is 252 g/mol. The molecule has 0 aromatic heterocycles. The maximum absolute atomic E-state index is 11.9. The van der Waals surface area contributed by atoms with E-state index in [1.54, 1.807) is 0 Å². The molecule has 0 aromatic rings. The van der Waals surface area contributed by atoms with Crippen molar-refractivity contribution in [3.05, 3.63) is 0 Å². The minimum Gasteiger partial charge on any atom is -0.368 e. The highest BCUT2D eigenvalue weighted by atomic mass is 16.5. The van der Waals surface area contributed by atoms with E-state index >= 15 is 0 Å². The normalized spacial score (nSPS) is 24.6. The first-order chi connectivity index (χ1) is 9.54. The summed E-state index contributed by atoms with van der Waals surface area (Å²) in [6.45, 7) is 8.29. The number of carbonyl (C=O) groups is 1. The van der Waals surface area contributed by atoms with Crippen molar-refractivity contribution >= 4 is 5.91 Å². The van der Waals surface area contributed by atoms with Crippen LogP contribution in [0.2, 0.25) is 0 Å². The summed E-state index contributed by atoms with van der Waals surface area (Å²) >= 11 is 0. The van der Waals surface area contributed by atoms with Crippen LogP contribution in [-0.4, -0.2) is 31.7 Å². The lowest BCUT2D eigenvalue weighted by molar-refractivity contribution is -0.133. The van der Waals surface area contributed by atoms with Crippen LogP contribution >= 0.6 is 0 Å². The van der Waals surface area contributed by atoms with Crippen LogP contribution in [0.15, 0.2) is 0 Å². The standard InChI is InChI=1S/C16H32N2O2/c1-12(2)8-9-18-16(19)13(3)20-11-15-7-5-4-6-14(15)10-17/h12-15H,4-11,17H2,1-3H3,(H,18,19). The van der Waals surface area contributed by atoms with E-state index in [0.717, 1.165) is 19.5 Å². The molecule has 1 amide bonds. The minimum absolute atomic E-state index is 0.00533. The van der Waals surface area contributed by atoms with Gasteiger partial charge in [-0.05, 0) is 50.5 Å². The molecule has 1 aliphatic rings. The van der Waals surface area contributed by atoms with Crippen LogP contribution in [0.25, 0.3) is 0 Å². The Hall–Kier alpha value is -0.610. The molecule has 1 fully saturated rings. The third-order valence-corrected chi connectivity index (χ3v) is 4.32. The zero-order valence-electron chi connectivity index (χ0n) is 13.4. The number of nitrogens with one attached hydrogen (secondary N) is 1. The van der Waals surface area contributed by atoms with Gasteiger partial charge >= 0.3 is 0 Å². The number of amides is 1. The largest absolute Gasteiger partial charge is 0.368 e. The molecule has 3 atom stereocenters. The van der Waals surface area contributed by atoms with Crippen LogP contribution in [0.1, 0.15) is 52.9 Å². The summed E-state index contributed by atoms with van der Waals surface area (Å²) in [6, 6.07) is 0. The third-order valence-electron chi connectivity index (χ3n) is 4.32. The highest BCUT2D eigenvalue weighted by Gasteiger charge is 2.25. The van der Waals surface area contributed by atoms with Crippen LogP contribution in [0.4, 0.5) is 0 Å². The molecule has 0 aliphatic heterocycles. The highest BCUT2D eigenvalue weighted by Crippen LogP contribution is 2.29. The Bertz CT molecular complexity index is 282. The molecular formula is C16H32N2O2. The average molecular weight is 284 g/mol. The summed E-state index contributed by atoms with van der Waals surface area (Å²) in [6.07, 6.45) is 5.59. The third kappa shape index (κ3) is 6.23. The van der Waals surface area contributed by atoms with Crippen molar-refractivity contribution in [1.82, 2.24) is 5.32 Å². The first-order valence-electron chi connectivity index (χ1n) is 8.14. The van der Waals surface area contributed by atoms with Crippen LogP contribution in [0.3, 0.4) is 0 Å². The Morgan fingerprint density at radius 2 is 1.90 bits per heavy atom. The number of ether oxygens (including phenoxy) is 1. The van der Waals surface area contributed by atoms with Crippen LogP contribution < -0.4 is 11.1 Å². The van der Waals surface area contributed by atoms with Gasteiger partial charge in [0.25, 0.3) is 0 Å². The van der Waals surface area contributed by atoms with E-state index in [4.69, 9.17) is 10.5 Å². The molecule has 3 unspecified atom stereocenters. The fourth-order valence-corrected chi connectivity index (χ4v) is 2.79. The maximum atomic E-state index is 11.9. The highest BCUT2D eigenvalue weighted by molar-refractivity contribution is 5.80. The number of rotatable bonds is 8. The zero-order chi connectivity index (χ0) is 15.0. The minimum atomic E-state index is -0.359. The van der Waals surface area contributed by atoms with E-state index in [1.807, 2.05) is 6.92 Å². The first kappa shape index (κ1) is 17.4. The van der Waals surface area contributed by atoms with Gasteiger partial charge in [-0.25, -0.2) is 0 Å². The summed E-state index contributed by atoms with van der Waals surface area (Å²) in [5.41, 5.74) is 5.82. The van der Waals surface area contributed by atoms with E-state index in [0.29, 0.717) is 24.4 Å². The van der Waals surface area contributed by atoms with Crippen molar-refractivity contribution in [3.8, 4) is 0 Å². The lowest BCUT2D eigenvalue weighted by Gasteiger charge is -2.31. The summed E-state index contributed by atoms with van der Waals surface area (Å²) < 4.78 is 5.77. The second kappa shape index (κ2) is 9.35. The molecule has 0 spiro atoms. The summed E-state index contributed by atoms with van der Waals surface area (Å²) in [7, 11) is 0. The Morgan fingerprint density at radius 1 is 1.25 bits per heavy atom. The van der Waals surface area contributed by atoms with E-state index in [-0.39, 0.29) is 12.0 Å². The lowest BCUT2D eigenvalue weighted by atomic mass is 9.80. The molecule has 4 heteroatoms. The monoisotopic (exact) mass is 284 g/mol. The molecule has 1 aliphatic carbocycles. The van der Waals surface area contributed by atoms with E-state index < -0.39 is 0 Å². The molecule has 0 bridgehead atoms. The second-order valence-corrected chi connectivity index (χ2v) is 6.49. The number of hydrogen-bond acceptors (Lipinski definition) is 3. The van der Waals surface area contributed by atoms with Gasteiger partial charge in [0.1, 0.15) is 6.10 Å². The van der Waals surface area contributed by atoms with E-state index in [9.17, 15) is 4.79 Å². The fourth-order valence-electron chi connectivity index (χ4n) is 2.79. The van der Waals surface area contributed by atoms with Gasteiger partial charge in [0.05, 0.1) is 6.61 Å². The Labute approximate surface area is 123 Å². The molecule has 0 heterocycles. The molecule has 1 rings (SSSR count). The molecule has 3 N–H and O–H groups in total. The van der Waals surface area contributed by atoms with Crippen molar-refractivity contribution in [2.75, 3.05) is 19.7 Å². The number of carbonyl (C=O) groups excluding carboxylic acids is 1. The molecule has 1 saturated carbocycles. The molecule has 0 aromatic carbocycles. The summed E-state index contributed by atoms with van der Waals surface area (Å²) in [5, 5.41) is 2.94. The maximum Gasteiger partial charge on any atom is 0.248 e. The Balaban J connectivity index is 2.23. The number of nitrogens with two attached hydrogens (primary N) is 1. The second-order valence-electron chi connectivity index (χ2n) is 6.49. The summed E-state index contributed by atoms with van der Waals surface area (Å²) in [5.74, 6) is 1.71. The van der Waals surface area contributed by atoms with Crippen molar-refractivity contribution in [2.45, 2.75) is 59.0 Å². The van der Waals surface area contributed by atoms with Crippen molar-refractivity contribution in [3.63, 3.8) is 0 Å². The van der Waals surface area contributed by atoms with Crippen LogP contribution in [0.5, 0.6) is 0 Å². The lowest BCUT2D eigenvalue weighted by Crippen LogP contribution is -2.38. The van der Waals surface area contributed by atoms with E-state index in [2.05, 4.69) is 19.2 Å². The van der Waals surface area contributed by atoms with Gasteiger partial charge in [-0.2, -0.15) is 0 Å². The molecule has 20 heavy (non-hydrogen) atoms. The van der Waals surface area contributed by atoms with Crippen LogP contribution in [-0.2, 0) is 9.53 Å². The van der Waals surface area contributed by atoms with Gasteiger partial charge in [-0.3, -0.25) is 4.79 Å². The fraction of sp³-hybridized carbons (Fsp3) is 0.938. The zero-order valence-corrected chi connectivity index (χ0v) is 13.4. The van der Waals surface area contributed by atoms with E-state index in [1.165, 1.54) is 25.7 Å². The van der Waals surface area contributed by atoms with Crippen molar-refractivity contribution in [2.24, 2.45) is 23.5 Å². The first-order valence-corrected chi connectivity index (χ1v) is 8.14. The predicted molar refractivity (Wildman–Crippen MR) is 82.4 cm³/mol. The van der Waals surface area contributed by atoms with Crippen LogP contribution in [0, 0.1) is 17.8 Å². The SMILES string of the molecule is CC(C)CCNC(=O)C(C)OCC1CCCCC1CN. The van der Waals surface area contributed by atoms with Crippen molar-refractivity contribution < 1.29 is 9.53 Å². The smallest absolute Gasteiger partial charge is 0.248 e. The quantitative estimate of drug-likeness (QED) is 0.719. The Kier molecular flexibility index (Phi) is 8.15. The Morgan fingerprint density at radius 3 is 2.50 bits per heavy atom. The van der Waals surface area contributed by atoms with Gasteiger partial charge in [0, 0.05) is 6.54 Å². The topological polar surface area (TPSA) is 64.3 Å². The average Bonchev–Trinajstić information content (AvgIpc) is 2.44. The number of hydrogen-bond donors (Lipinski definition) is 2. The van der Waals surface area contributed by atoms with Gasteiger partial charge in [0.15, 0.2) is 0 Å². The summed E-state index contributed by atoms with van der Waals surface area (Å²) in [4.78, 5) is 11.9. The van der Waals surface area contributed by atoms with Crippen molar-refractivity contribution in [1.29, 1.82) is 0 Å². The predicted octanol–water partition coefficient (Wildman–Crippen LogP) is 2.32.